The smallest absolute Gasteiger partial charge is 0.141 e. The van der Waals surface area contributed by atoms with Crippen LogP contribution in [0.25, 0.3) is 0 Å². The van der Waals surface area contributed by atoms with Crippen LogP contribution in [0, 0.1) is 34.5 Å². The first-order valence-electron chi connectivity index (χ1n) is 12.2. The number of allylic oxidation sites excluding steroid dienone is 2. The highest BCUT2D eigenvalue weighted by atomic mass is 16.6. The molecule has 5 unspecified atom stereocenters. The van der Waals surface area contributed by atoms with Crippen molar-refractivity contribution in [1.29, 1.82) is 0 Å². The molecule has 5 rings (SSSR count). The number of rotatable bonds is 3. The number of hydrogen-bond donors (Lipinski definition) is 1. The van der Waals surface area contributed by atoms with Crippen LogP contribution in [0.5, 0.6) is 0 Å². The molecule has 31 heavy (non-hydrogen) atoms. The number of nitrogens with zero attached hydrogens (tertiary/aromatic N) is 2. The summed E-state index contributed by atoms with van der Waals surface area (Å²) in [5, 5.41) is 12.4. The number of nitrogens with one attached hydrogen (secondary N) is 1. The normalized spacial score (nSPS) is 47.0. The number of fused-ring (bicyclic) bond motifs is 5. The van der Waals surface area contributed by atoms with Crippen molar-refractivity contribution in [3.63, 3.8) is 0 Å². The Balaban J connectivity index is 1.47. The van der Waals surface area contributed by atoms with Gasteiger partial charge in [0.25, 0.3) is 0 Å². The van der Waals surface area contributed by atoms with Gasteiger partial charge >= 0.3 is 0 Å². The fourth-order valence-electron chi connectivity index (χ4n) is 7.66. The van der Waals surface area contributed by atoms with E-state index >= 15 is 0 Å². The third-order valence-electron chi connectivity index (χ3n) is 9.37. The van der Waals surface area contributed by atoms with Gasteiger partial charge in [0, 0.05) is 24.3 Å². The van der Waals surface area contributed by atoms with Crippen molar-refractivity contribution in [1.82, 2.24) is 5.32 Å². The van der Waals surface area contributed by atoms with Crippen molar-refractivity contribution >= 4 is 17.2 Å². The third-order valence-corrected chi connectivity index (χ3v) is 9.37. The van der Waals surface area contributed by atoms with Crippen LogP contribution >= 0.6 is 0 Å². The number of Topliss-reactive ketones (excluding diaryl/α,β-unsaturated/α-hetero) is 1. The second-order valence-corrected chi connectivity index (χ2v) is 11.0. The molecule has 0 aromatic rings. The van der Waals surface area contributed by atoms with Crippen molar-refractivity contribution in [2.75, 3.05) is 20.2 Å². The molecule has 4 fully saturated rings. The van der Waals surface area contributed by atoms with Crippen LogP contribution in [0.3, 0.4) is 0 Å². The van der Waals surface area contributed by atoms with Gasteiger partial charge in [0.1, 0.15) is 19.0 Å². The van der Waals surface area contributed by atoms with E-state index in [2.05, 4.69) is 42.5 Å². The van der Waals surface area contributed by atoms with E-state index in [0.717, 1.165) is 69.5 Å². The summed E-state index contributed by atoms with van der Waals surface area (Å²) in [6.07, 6.45) is 9.50. The van der Waals surface area contributed by atoms with E-state index in [1.165, 1.54) is 5.57 Å². The Morgan fingerprint density at radius 1 is 1.13 bits per heavy atom. The largest absolute Gasteiger partial charge is 0.399 e. The van der Waals surface area contributed by atoms with Crippen molar-refractivity contribution in [3.05, 3.63) is 11.6 Å². The quantitative estimate of drug-likeness (QED) is 0.688. The van der Waals surface area contributed by atoms with Crippen LogP contribution < -0.4 is 5.32 Å². The van der Waals surface area contributed by atoms with Crippen LogP contribution in [-0.4, -0.2) is 43.5 Å². The summed E-state index contributed by atoms with van der Waals surface area (Å²) >= 11 is 0. The molecule has 0 aromatic heterocycles. The molecule has 0 aromatic carbocycles. The first-order valence-corrected chi connectivity index (χ1v) is 12.2. The molecule has 3 saturated carbocycles. The SMILES string of the molecule is CON=C1CC2C(CC[C@]3(C)C(=O)C(C)CC23)[C@@]2(C)CCC(=NOC3CCNC3)C=C12. The van der Waals surface area contributed by atoms with Crippen molar-refractivity contribution in [2.24, 2.45) is 44.8 Å². The molecule has 1 saturated heterocycles. The Morgan fingerprint density at radius 3 is 2.71 bits per heavy atom. The van der Waals surface area contributed by atoms with Gasteiger partial charge in [-0.2, -0.15) is 0 Å². The monoisotopic (exact) mass is 427 g/mol. The minimum absolute atomic E-state index is 0.0599. The molecule has 170 valence electrons. The molecule has 5 aliphatic rings. The molecule has 0 amide bonds. The lowest BCUT2D eigenvalue weighted by atomic mass is 9.47. The molecule has 6 nitrogen and oxygen atoms in total. The Hall–Kier alpha value is -1.69. The molecule has 1 aliphatic heterocycles. The molecule has 0 radical (unpaired) electrons. The number of carbonyl (C=O) groups is 1. The summed E-state index contributed by atoms with van der Waals surface area (Å²) in [5.41, 5.74) is 3.27. The second kappa shape index (κ2) is 7.72. The molecule has 7 atom stereocenters. The van der Waals surface area contributed by atoms with Gasteiger partial charge < -0.3 is 15.0 Å². The van der Waals surface area contributed by atoms with Crippen LogP contribution in [0.1, 0.15) is 65.7 Å². The van der Waals surface area contributed by atoms with Gasteiger partial charge in [-0.05, 0) is 79.9 Å². The molecule has 4 aliphatic carbocycles. The van der Waals surface area contributed by atoms with Gasteiger partial charge in [0.2, 0.25) is 0 Å². The first-order chi connectivity index (χ1) is 14.9. The van der Waals surface area contributed by atoms with Crippen LogP contribution in [0.15, 0.2) is 22.0 Å². The number of hydrogen-bond acceptors (Lipinski definition) is 6. The molecule has 0 spiro atoms. The van der Waals surface area contributed by atoms with Crippen LogP contribution in [-0.2, 0) is 14.5 Å². The number of carbonyl (C=O) groups excluding carboxylic acids is 1. The summed E-state index contributed by atoms with van der Waals surface area (Å²) in [7, 11) is 1.64. The van der Waals surface area contributed by atoms with Gasteiger partial charge in [-0.1, -0.05) is 31.1 Å². The highest BCUT2D eigenvalue weighted by Crippen LogP contribution is 2.64. The second-order valence-electron chi connectivity index (χ2n) is 11.0. The van der Waals surface area contributed by atoms with Gasteiger partial charge in [-0.3, -0.25) is 4.79 Å². The summed E-state index contributed by atoms with van der Waals surface area (Å²) < 4.78 is 0. The zero-order valence-electron chi connectivity index (χ0n) is 19.4. The van der Waals surface area contributed by atoms with Gasteiger partial charge in [-0.15, -0.1) is 0 Å². The van der Waals surface area contributed by atoms with E-state index in [0.29, 0.717) is 23.5 Å². The molecule has 0 bridgehead atoms. The Bertz CT molecular complexity index is 843. The highest BCUT2D eigenvalue weighted by molar-refractivity contribution is 6.10. The van der Waals surface area contributed by atoms with E-state index in [4.69, 9.17) is 9.68 Å². The van der Waals surface area contributed by atoms with Crippen molar-refractivity contribution < 1.29 is 14.5 Å². The number of oxime groups is 2. The minimum atomic E-state index is -0.152. The Labute approximate surface area is 185 Å². The van der Waals surface area contributed by atoms with Crippen molar-refractivity contribution in [3.8, 4) is 0 Å². The van der Waals surface area contributed by atoms with E-state index in [1.54, 1.807) is 7.11 Å². The predicted octanol–water partition coefficient (Wildman–Crippen LogP) is 4.11. The molecule has 6 heteroatoms. The van der Waals surface area contributed by atoms with E-state index in [1.807, 2.05) is 0 Å². The average molecular weight is 428 g/mol. The van der Waals surface area contributed by atoms with Gasteiger partial charge in [0.15, 0.2) is 0 Å². The third kappa shape index (κ3) is 3.28. The maximum absolute atomic E-state index is 13.0. The number of ketones is 1. The summed E-state index contributed by atoms with van der Waals surface area (Å²) in [6, 6.07) is 0. The summed E-state index contributed by atoms with van der Waals surface area (Å²) in [4.78, 5) is 24.2. The first kappa shape index (κ1) is 21.2. The van der Waals surface area contributed by atoms with Crippen LogP contribution in [0.2, 0.25) is 0 Å². The van der Waals surface area contributed by atoms with Crippen LogP contribution in [0.4, 0.5) is 0 Å². The average Bonchev–Trinajstić information content (AvgIpc) is 3.35. The molecule has 1 N–H and O–H groups in total. The standard InChI is InChI=1S/C25H37N3O3/c1-15-11-20-18-13-22(28-30-4)21-12-16(27-31-17-7-10-26-14-17)5-8-24(21,2)19(18)6-9-25(20,3)23(15)29/h12,15,17-20,26H,5-11,13-14H2,1-4H3/t15?,17?,18?,19?,20?,24-,25+/m1/s1. The summed E-state index contributed by atoms with van der Waals surface area (Å²) in [5.74, 6) is 2.23. The molecular weight excluding hydrogens is 390 g/mol. The fraction of sp³-hybridized carbons (Fsp3) is 0.800. The Kier molecular flexibility index (Phi) is 5.27. The lowest BCUT2D eigenvalue weighted by Crippen LogP contribution is -2.53. The minimum Gasteiger partial charge on any atom is -0.399 e. The zero-order valence-corrected chi connectivity index (χ0v) is 19.4. The maximum Gasteiger partial charge on any atom is 0.141 e. The predicted molar refractivity (Wildman–Crippen MR) is 121 cm³/mol. The topological polar surface area (TPSA) is 72.3 Å². The van der Waals surface area contributed by atoms with Gasteiger partial charge in [0.05, 0.1) is 11.4 Å². The van der Waals surface area contributed by atoms with E-state index in [9.17, 15) is 4.79 Å². The van der Waals surface area contributed by atoms with E-state index < -0.39 is 0 Å². The van der Waals surface area contributed by atoms with E-state index in [-0.39, 0.29) is 22.9 Å². The summed E-state index contributed by atoms with van der Waals surface area (Å²) in [6.45, 7) is 8.67. The van der Waals surface area contributed by atoms with Gasteiger partial charge in [-0.25, -0.2) is 0 Å². The molecule has 1 heterocycles. The zero-order chi connectivity index (χ0) is 21.8. The lowest BCUT2D eigenvalue weighted by Gasteiger charge is -2.56. The lowest BCUT2D eigenvalue weighted by molar-refractivity contribution is -0.133. The Morgan fingerprint density at radius 2 is 1.97 bits per heavy atom. The van der Waals surface area contributed by atoms with Crippen molar-refractivity contribution in [2.45, 2.75) is 71.8 Å². The highest BCUT2D eigenvalue weighted by Gasteiger charge is 2.61. The maximum atomic E-state index is 13.0. The fourth-order valence-corrected chi connectivity index (χ4v) is 7.66. The molecular formula is C25H37N3O3.